The van der Waals surface area contributed by atoms with Gasteiger partial charge in [0, 0.05) is 39.3 Å². The van der Waals surface area contributed by atoms with Crippen LogP contribution in [0, 0.1) is 6.92 Å². The molecular weight excluding hydrogens is 298 g/mol. The van der Waals surface area contributed by atoms with E-state index >= 15 is 0 Å². The third-order valence-corrected chi connectivity index (χ3v) is 3.56. The van der Waals surface area contributed by atoms with Crippen molar-refractivity contribution in [3.63, 3.8) is 0 Å². The second-order valence-corrected chi connectivity index (χ2v) is 5.80. The second kappa shape index (κ2) is 8.64. The number of aryl methyl sites for hydroxylation is 1. The first-order chi connectivity index (χ1) is 11.0. The summed E-state index contributed by atoms with van der Waals surface area (Å²) in [5.74, 6) is -0.130. The molecule has 1 aliphatic heterocycles. The zero-order valence-electron chi connectivity index (χ0n) is 13.7. The van der Waals surface area contributed by atoms with Crippen molar-refractivity contribution in [3.8, 4) is 0 Å². The summed E-state index contributed by atoms with van der Waals surface area (Å²) in [7, 11) is 0. The molecule has 0 unspecified atom stereocenters. The SMILES string of the molecule is CC(=O)NCCNC(=O)CN1CCO[C@H](Cn2cc(C)cn2)C1. The van der Waals surface area contributed by atoms with Gasteiger partial charge in [0.2, 0.25) is 11.8 Å². The summed E-state index contributed by atoms with van der Waals surface area (Å²) < 4.78 is 7.62. The molecule has 1 saturated heterocycles. The molecule has 0 radical (unpaired) electrons. The lowest BCUT2D eigenvalue weighted by molar-refractivity contribution is -0.125. The number of rotatable bonds is 7. The van der Waals surface area contributed by atoms with Crippen LogP contribution in [0.2, 0.25) is 0 Å². The molecule has 2 N–H and O–H groups in total. The minimum atomic E-state index is -0.0934. The van der Waals surface area contributed by atoms with Gasteiger partial charge in [-0.3, -0.25) is 19.2 Å². The number of hydrogen-bond donors (Lipinski definition) is 2. The Kier molecular flexibility index (Phi) is 6.54. The van der Waals surface area contributed by atoms with Crippen LogP contribution < -0.4 is 10.6 Å². The molecule has 0 spiro atoms. The Hall–Kier alpha value is -1.93. The van der Waals surface area contributed by atoms with Crippen molar-refractivity contribution in [1.82, 2.24) is 25.3 Å². The molecule has 1 aromatic rings. The second-order valence-electron chi connectivity index (χ2n) is 5.80. The topological polar surface area (TPSA) is 88.5 Å². The van der Waals surface area contributed by atoms with Gasteiger partial charge in [-0.1, -0.05) is 0 Å². The molecular formula is C15H25N5O3. The van der Waals surface area contributed by atoms with Crippen LogP contribution in [0.4, 0.5) is 0 Å². The first kappa shape index (κ1) is 17.4. The van der Waals surface area contributed by atoms with Gasteiger partial charge < -0.3 is 15.4 Å². The standard InChI is InChI=1S/C15H25N5O3/c1-12-7-18-20(8-12)10-14-9-19(5-6-23-14)11-15(22)17-4-3-16-13(2)21/h7-8,14H,3-6,9-11H2,1-2H3,(H,16,21)(H,17,22)/t14-/m0/s1. The van der Waals surface area contributed by atoms with E-state index in [2.05, 4.69) is 20.6 Å². The molecule has 8 nitrogen and oxygen atoms in total. The predicted molar refractivity (Wildman–Crippen MR) is 84.8 cm³/mol. The highest BCUT2D eigenvalue weighted by Crippen LogP contribution is 2.07. The third kappa shape index (κ3) is 6.37. The Bertz CT molecular complexity index is 531. The van der Waals surface area contributed by atoms with E-state index in [1.54, 1.807) is 0 Å². The summed E-state index contributed by atoms with van der Waals surface area (Å²) in [6.07, 6.45) is 3.84. The predicted octanol–water partition coefficient (Wildman–Crippen LogP) is -0.855. The number of amides is 2. The summed E-state index contributed by atoms with van der Waals surface area (Å²) in [6.45, 7) is 7.45. The van der Waals surface area contributed by atoms with Crippen molar-refractivity contribution in [2.75, 3.05) is 39.3 Å². The van der Waals surface area contributed by atoms with Gasteiger partial charge in [-0.05, 0) is 12.5 Å². The van der Waals surface area contributed by atoms with E-state index < -0.39 is 0 Å². The first-order valence-electron chi connectivity index (χ1n) is 7.87. The van der Waals surface area contributed by atoms with Crippen LogP contribution >= 0.6 is 0 Å². The molecule has 0 aliphatic carbocycles. The smallest absolute Gasteiger partial charge is 0.234 e. The monoisotopic (exact) mass is 323 g/mol. The minimum absolute atomic E-state index is 0.0362. The molecule has 1 aliphatic rings. The summed E-state index contributed by atoms with van der Waals surface area (Å²) >= 11 is 0. The normalized spacial score (nSPS) is 18.6. The van der Waals surface area contributed by atoms with Crippen LogP contribution in [0.3, 0.4) is 0 Å². The van der Waals surface area contributed by atoms with E-state index in [0.717, 1.165) is 12.1 Å². The fraction of sp³-hybridized carbons (Fsp3) is 0.667. The van der Waals surface area contributed by atoms with Gasteiger partial charge in [0.05, 0.1) is 32.0 Å². The van der Waals surface area contributed by atoms with Crippen molar-refractivity contribution >= 4 is 11.8 Å². The molecule has 2 heterocycles. The van der Waals surface area contributed by atoms with Crippen molar-refractivity contribution in [2.24, 2.45) is 0 Å². The Balaban J connectivity index is 1.68. The Morgan fingerprint density at radius 2 is 2.17 bits per heavy atom. The van der Waals surface area contributed by atoms with Gasteiger partial charge in [-0.2, -0.15) is 5.10 Å². The van der Waals surface area contributed by atoms with Gasteiger partial charge in [0.25, 0.3) is 0 Å². The van der Waals surface area contributed by atoms with Crippen molar-refractivity contribution in [3.05, 3.63) is 18.0 Å². The highest BCUT2D eigenvalue weighted by Gasteiger charge is 2.22. The van der Waals surface area contributed by atoms with Crippen LogP contribution in [0.25, 0.3) is 0 Å². The summed E-state index contributed by atoms with van der Waals surface area (Å²) in [5.41, 5.74) is 1.12. The van der Waals surface area contributed by atoms with E-state index in [4.69, 9.17) is 4.74 Å². The molecule has 1 fully saturated rings. The highest BCUT2D eigenvalue weighted by atomic mass is 16.5. The molecule has 0 bridgehead atoms. The van der Waals surface area contributed by atoms with Gasteiger partial charge in [-0.15, -0.1) is 0 Å². The van der Waals surface area contributed by atoms with Gasteiger partial charge >= 0.3 is 0 Å². The molecule has 2 rings (SSSR count). The number of nitrogens with zero attached hydrogens (tertiary/aromatic N) is 3. The number of nitrogens with one attached hydrogen (secondary N) is 2. The van der Waals surface area contributed by atoms with Gasteiger partial charge in [-0.25, -0.2) is 0 Å². The zero-order chi connectivity index (χ0) is 16.7. The van der Waals surface area contributed by atoms with E-state index in [-0.39, 0.29) is 17.9 Å². The van der Waals surface area contributed by atoms with E-state index in [9.17, 15) is 9.59 Å². The number of morpholine rings is 1. The molecule has 2 amide bonds. The average molecular weight is 323 g/mol. The van der Waals surface area contributed by atoms with Crippen LogP contribution in [-0.2, 0) is 20.9 Å². The van der Waals surface area contributed by atoms with Crippen molar-refractivity contribution in [2.45, 2.75) is 26.5 Å². The largest absolute Gasteiger partial charge is 0.374 e. The van der Waals surface area contributed by atoms with Crippen LogP contribution in [0.1, 0.15) is 12.5 Å². The van der Waals surface area contributed by atoms with E-state index in [1.807, 2.05) is 24.0 Å². The molecule has 0 aromatic carbocycles. The summed E-state index contributed by atoms with van der Waals surface area (Å²) in [4.78, 5) is 24.7. The Morgan fingerprint density at radius 3 is 2.87 bits per heavy atom. The fourth-order valence-electron chi connectivity index (χ4n) is 2.51. The van der Waals surface area contributed by atoms with Crippen molar-refractivity contribution < 1.29 is 14.3 Å². The highest BCUT2D eigenvalue weighted by molar-refractivity contribution is 5.78. The van der Waals surface area contributed by atoms with E-state index in [1.165, 1.54) is 6.92 Å². The van der Waals surface area contributed by atoms with Crippen LogP contribution in [-0.4, -0.2) is 71.9 Å². The van der Waals surface area contributed by atoms with Crippen LogP contribution in [0.5, 0.6) is 0 Å². The number of ether oxygens (including phenoxy) is 1. The number of hydrogen-bond acceptors (Lipinski definition) is 5. The maximum atomic E-state index is 11.9. The molecule has 8 heteroatoms. The number of carbonyl (C=O) groups is 2. The lowest BCUT2D eigenvalue weighted by Crippen LogP contribution is -2.48. The molecule has 23 heavy (non-hydrogen) atoms. The van der Waals surface area contributed by atoms with Gasteiger partial charge in [0.15, 0.2) is 0 Å². The number of carbonyl (C=O) groups excluding carboxylic acids is 2. The minimum Gasteiger partial charge on any atom is -0.374 e. The summed E-state index contributed by atoms with van der Waals surface area (Å²) in [6, 6.07) is 0. The maximum Gasteiger partial charge on any atom is 0.234 e. The lowest BCUT2D eigenvalue weighted by atomic mass is 10.2. The zero-order valence-corrected chi connectivity index (χ0v) is 13.7. The molecule has 1 aromatic heterocycles. The summed E-state index contributed by atoms with van der Waals surface area (Å²) in [5, 5.41) is 9.71. The average Bonchev–Trinajstić information content (AvgIpc) is 2.89. The van der Waals surface area contributed by atoms with Crippen LogP contribution in [0.15, 0.2) is 12.4 Å². The molecule has 1 atom stereocenters. The Labute approximate surface area is 136 Å². The van der Waals surface area contributed by atoms with Gasteiger partial charge in [0.1, 0.15) is 0 Å². The van der Waals surface area contributed by atoms with Crippen molar-refractivity contribution in [1.29, 1.82) is 0 Å². The molecule has 128 valence electrons. The fourth-order valence-corrected chi connectivity index (χ4v) is 2.51. The molecule has 0 saturated carbocycles. The van der Waals surface area contributed by atoms with E-state index in [0.29, 0.717) is 39.3 Å². The maximum absolute atomic E-state index is 11.9. The third-order valence-electron chi connectivity index (χ3n) is 3.56. The first-order valence-corrected chi connectivity index (χ1v) is 7.87. The quantitative estimate of drug-likeness (QED) is 0.638. The lowest BCUT2D eigenvalue weighted by Gasteiger charge is -2.32. The Morgan fingerprint density at radius 1 is 1.39 bits per heavy atom. The number of aromatic nitrogens is 2.